The molecule has 8 atom stereocenters. The lowest BCUT2D eigenvalue weighted by molar-refractivity contribution is -0.157. The smallest absolute Gasteiger partial charge is 0.328 e. The summed E-state index contributed by atoms with van der Waals surface area (Å²) in [5.74, 6) is -4.88. The Bertz CT molecular complexity index is 2240. The molecule has 4 rings (SSSR count). The molecule has 19 heteroatoms. The van der Waals surface area contributed by atoms with Crippen molar-refractivity contribution in [1.29, 1.82) is 0 Å². The highest BCUT2D eigenvalue weighted by molar-refractivity contribution is 6.32. The van der Waals surface area contributed by atoms with Gasteiger partial charge in [-0.25, -0.2) is 4.79 Å². The molecule has 384 valence electrons. The zero-order valence-corrected chi connectivity index (χ0v) is 42.6. The summed E-state index contributed by atoms with van der Waals surface area (Å²) in [5.41, 5.74) is 0.704. The van der Waals surface area contributed by atoms with Gasteiger partial charge in [-0.1, -0.05) is 89.6 Å². The van der Waals surface area contributed by atoms with Crippen molar-refractivity contribution in [2.24, 2.45) is 22.7 Å². The van der Waals surface area contributed by atoms with Crippen LogP contribution in [0.2, 0.25) is 5.02 Å². The minimum Gasteiger partial charge on any atom is -0.495 e. The molecular formula is C51H71ClN6O12. The molecule has 70 heavy (non-hydrogen) atoms. The molecule has 0 saturated carbocycles. The first-order valence-corrected chi connectivity index (χ1v) is 24.1. The molecule has 0 radical (unpaired) electrons. The molecule has 7 N–H and O–H groups in total. The van der Waals surface area contributed by atoms with Crippen molar-refractivity contribution >= 4 is 59.0 Å². The van der Waals surface area contributed by atoms with E-state index in [9.17, 15) is 38.4 Å². The Balaban J connectivity index is 1.45. The van der Waals surface area contributed by atoms with Crippen LogP contribution in [-0.2, 0) is 60.8 Å². The number of carboxylic acids is 1. The van der Waals surface area contributed by atoms with Crippen molar-refractivity contribution < 1.29 is 57.7 Å². The molecule has 2 aliphatic heterocycles. The first kappa shape index (κ1) is 56.6. The number of rotatable bonds is 18. The van der Waals surface area contributed by atoms with Crippen LogP contribution in [-0.4, -0.2) is 103 Å². The van der Waals surface area contributed by atoms with Crippen LogP contribution in [0.5, 0.6) is 5.75 Å². The van der Waals surface area contributed by atoms with Crippen molar-refractivity contribution in [1.82, 2.24) is 31.9 Å². The van der Waals surface area contributed by atoms with Crippen LogP contribution in [0, 0.1) is 22.7 Å². The first-order valence-electron chi connectivity index (χ1n) is 23.7. The maximum atomic E-state index is 14.1. The summed E-state index contributed by atoms with van der Waals surface area (Å²) in [4.78, 5) is 104. The standard InChI is InChI=1S/C51H71ClN6O12/c1-28(2)42(58-40(60)15-12-16-41(61)62)47(65)55-30(4)45(63)53-26-31-17-20-33(21-18-31)44-43(70-44)29(3)37-13-11-14-39(59)56-35(24-32-19-22-38(68-10)34(52)23-32)46(64)54-27-51(8,9)49(67)57-36(48(66)69-37)25-50(5,6)7/h11,14,17-23,28-30,35-37,42-44H,12-13,15-16,24-27H2,1-10H3,(H,53,63)(H,54,64)(H,55,65)(H,56,59)(H,57,67)(H,58,60)(H,61,62)/b14-11+/t29-,30?,35+,36-,37-,42-,43+,44+/m0/s1. The van der Waals surface area contributed by atoms with Gasteiger partial charge in [0.25, 0.3) is 0 Å². The van der Waals surface area contributed by atoms with E-state index >= 15 is 0 Å². The van der Waals surface area contributed by atoms with Crippen molar-refractivity contribution in [2.75, 3.05) is 13.7 Å². The summed E-state index contributed by atoms with van der Waals surface area (Å²) in [7, 11) is 1.49. The van der Waals surface area contributed by atoms with E-state index in [0.29, 0.717) is 16.3 Å². The highest BCUT2D eigenvalue weighted by Crippen LogP contribution is 2.45. The number of hydrogen-bond donors (Lipinski definition) is 7. The first-order chi connectivity index (χ1) is 32.8. The topological polar surface area (TPSA) is 260 Å². The number of nitrogens with one attached hydrogen (secondary N) is 6. The van der Waals surface area contributed by atoms with Gasteiger partial charge in [-0.15, -0.1) is 0 Å². The van der Waals surface area contributed by atoms with E-state index < -0.39 is 94.4 Å². The number of carbonyl (C=O) groups is 8. The third-order valence-electron chi connectivity index (χ3n) is 12.1. The van der Waals surface area contributed by atoms with Crippen LogP contribution in [0.15, 0.2) is 54.6 Å². The Kier molecular flexibility index (Phi) is 20.4. The lowest BCUT2D eigenvalue weighted by Crippen LogP contribution is -2.54. The number of halogens is 1. The van der Waals surface area contributed by atoms with Crippen LogP contribution in [0.3, 0.4) is 0 Å². The Morgan fingerprint density at radius 3 is 2.20 bits per heavy atom. The summed E-state index contributed by atoms with van der Waals surface area (Å²) >= 11 is 6.38. The molecule has 1 saturated heterocycles. The molecule has 0 bridgehead atoms. The van der Waals surface area contributed by atoms with Gasteiger partial charge in [-0.3, -0.25) is 33.6 Å². The Morgan fingerprint density at radius 2 is 1.59 bits per heavy atom. The number of methoxy groups -OCH3 is 1. The Hall–Kier alpha value is -6.01. The van der Waals surface area contributed by atoms with Crippen LogP contribution in [0.25, 0.3) is 0 Å². The normalized spacial score (nSPS) is 22.7. The molecule has 1 fully saturated rings. The SMILES string of the molecule is COc1ccc(C[C@H]2NC(=O)/C=C/C[C@@H]([C@H](C)[C@H]3O[C@@H]3c3ccc(CNC(=O)C(C)NC(=O)[C@@H](NC(=O)CCCC(=O)O)C(C)C)cc3)OC(=O)[C@H](CC(C)(C)C)NC(=O)C(C)(C)CNC2=O)cc1Cl. The average Bonchev–Trinajstić information content (AvgIpc) is 4.08. The highest BCUT2D eigenvalue weighted by Gasteiger charge is 2.48. The summed E-state index contributed by atoms with van der Waals surface area (Å²) in [6, 6.07) is 8.57. The van der Waals surface area contributed by atoms with Gasteiger partial charge in [-0.2, -0.15) is 0 Å². The molecule has 18 nitrogen and oxygen atoms in total. The largest absolute Gasteiger partial charge is 0.495 e. The summed E-state index contributed by atoms with van der Waals surface area (Å²) in [5, 5.41) is 25.8. The Morgan fingerprint density at radius 1 is 0.914 bits per heavy atom. The minimum atomic E-state index is -1.17. The van der Waals surface area contributed by atoms with E-state index in [-0.39, 0.29) is 69.7 Å². The van der Waals surface area contributed by atoms with Crippen molar-refractivity contribution in [3.05, 3.63) is 76.3 Å². The molecule has 6 amide bonds. The number of epoxide rings is 1. The lowest BCUT2D eigenvalue weighted by atomic mass is 9.86. The maximum absolute atomic E-state index is 14.1. The fraction of sp³-hybridized carbons (Fsp3) is 0.569. The average molecular weight is 996 g/mol. The van der Waals surface area contributed by atoms with E-state index in [1.807, 2.05) is 52.0 Å². The van der Waals surface area contributed by atoms with Gasteiger partial charge in [0.15, 0.2) is 0 Å². The van der Waals surface area contributed by atoms with Gasteiger partial charge in [0.05, 0.1) is 23.7 Å². The fourth-order valence-electron chi connectivity index (χ4n) is 7.80. The number of benzene rings is 2. The molecule has 2 aromatic rings. The molecule has 0 aromatic heterocycles. The van der Waals surface area contributed by atoms with Crippen LogP contribution in [0.1, 0.15) is 117 Å². The van der Waals surface area contributed by atoms with Gasteiger partial charge in [0.1, 0.15) is 42.1 Å². The zero-order chi connectivity index (χ0) is 52.1. The van der Waals surface area contributed by atoms with Gasteiger partial charge in [0, 0.05) is 44.7 Å². The number of amides is 6. The fourth-order valence-corrected chi connectivity index (χ4v) is 8.08. The van der Waals surface area contributed by atoms with E-state index in [4.69, 9.17) is 30.9 Å². The molecule has 1 unspecified atom stereocenters. The number of hydrogen-bond acceptors (Lipinski definition) is 11. The predicted octanol–water partition coefficient (Wildman–Crippen LogP) is 4.60. The van der Waals surface area contributed by atoms with Crippen LogP contribution >= 0.6 is 11.6 Å². The molecule has 2 aliphatic rings. The predicted molar refractivity (Wildman–Crippen MR) is 261 cm³/mol. The monoisotopic (exact) mass is 994 g/mol. The van der Waals surface area contributed by atoms with E-state index in [2.05, 4.69) is 31.9 Å². The lowest BCUT2D eigenvalue weighted by Gasteiger charge is -2.32. The van der Waals surface area contributed by atoms with Gasteiger partial charge in [0.2, 0.25) is 35.4 Å². The van der Waals surface area contributed by atoms with Crippen molar-refractivity contribution in [3.63, 3.8) is 0 Å². The van der Waals surface area contributed by atoms with E-state index in [1.165, 1.54) is 20.1 Å². The number of esters is 1. The third kappa shape index (κ3) is 17.4. The third-order valence-corrected chi connectivity index (χ3v) is 12.4. The molecule has 2 heterocycles. The zero-order valence-electron chi connectivity index (χ0n) is 41.9. The molecule has 2 aromatic carbocycles. The number of carboxylic acid groups (broad SMARTS) is 1. The molecular weight excluding hydrogens is 924 g/mol. The van der Waals surface area contributed by atoms with Gasteiger partial charge >= 0.3 is 11.9 Å². The number of ether oxygens (including phenoxy) is 3. The second kappa shape index (κ2) is 25.2. The highest BCUT2D eigenvalue weighted by atomic mass is 35.5. The number of carbonyl (C=O) groups excluding carboxylic acids is 7. The number of aliphatic carboxylic acids is 1. The van der Waals surface area contributed by atoms with Gasteiger partial charge < -0.3 is 51.2 Å². The summed E-state index contributed by atoms with van der Waals surface area (Å²) < 4.78 is 17.7. The van der Waals surface area contributed by atoms with Gasteiger partial charge in [-0.05, 0) is 79.8 Å². The van der Waals surface area contributed by atoms with E-state index in [0.717, 1.165) is 11.1 Å². The molecule has 0 spiro atoms. The summed E-state index contributed by atoms with van der Waals surface area (Å²) in [6.07, 6.45) is 1.72. The summed E-state index contributed by atoms with van der Waals surface area (Å²) in [6.45, 7) is 16.1. The number of cyclic esters (lactones) is 1. The molecule has 0 aliphatic carbocycles. The van der Waals surface area contributed by atoms with E-state index in [1.54, 1.807) is 52.0 Å². The minimum absolute atomic E-state index is 0.0478. The van der Waals surface area contributed by atoms with Crippen molar-refractivity contribution in [3.8, 4) is 5.75 Å². The second-order valence-corrected chi connectivity index (χ2v) is 20.8. The van der Waals surface area contributed by atoms with Crippen LogP contribution < -0.4 is 36.6 Å². The van der Waals surface area contributed by atoms with Crippen LogP contribution in [0.4, 0.5) is 0 Å². The van der Waals surface area contributed by atoms with Crippen molar-refractivity contribution in [2.45, 2.75) is 150 Å². The Labute approximate surface area is 415 Å². The quantitative estimate of drug-likeness (QED) is 0.0799. The maximum Gasteiger partial charge on any atom is 0.328 e. The second-order valence-electron chi connectivity index (χ2n) is 20.3.